The number of rotatable bonds is 11. The van der Waals surface area contributed by atoms with Gasteiger partial charge in [-0.05, 0) is 113 Å². The Morgan fingerprint density at radius 3 is 1.97 bits per heavy atom. The lowest BCUT2D eigenvalue weighted by Gasteiger charge is -2.29. The summed E-state index contributed by atoms with van der Waals surface area (Å²) in [5.41, 5.74) is 17.3. The average Bonchev–Trinajstić information content (AvgIpc) is 3.81. The number of unbranched alkanes of at least 4 members (excludes halogenated alkanes) is 3. The molecule has 3 aromatic carbocycles. The topological polar surface area (TPSA) is 26.0 Å². The monoisotopic (exact) mass is 503 g/mol. The molecule has 0 aromatic heterocycles. The van der Waals surface area contributed by atoms with Crippen molar-refractivity contribution in [3.63, 3.8) is 0 Å². The van der Waals surface area contributed by atoms with E-state index in [1.165, 1.54) is 89.5 Å². The molecule has 0 radical (unpaired) electrons. The van der Waals surface area contributed by atoms with Crippen LogP contribution >= 0.6 is 0 Å². The second-order valence-corrected chi connectivity index (χ2v) is 11.8. The Morgan fingerprint density at radius 2 is 1.39 bits per heavy atom. The maximum Gasteiger partial charge on any atom is 0.0435 e. The van der Waals surface area contributed by atoms with Crippen LogP contribution in [0.1, 0.15) is 88.8 Å². The molecule has 1 nitrogen and oxygen atoms in total. The lowest BCUT2D eigenvalue weighted by molar-refractivity contribution is 0.370. The van der Waals surface area contributed by atoms with Crippen LogP contribution in [-0.4, -0.2) is 0 Å². The number of allylic oxidation sites excluding steroid dienone is 4. The summed E-state index contributed by atoms with van der Waals surface area (Å²) in [5.74, 6) is 1.21. The van der Waals surface area contributed by atoms with Crippen LogP contribution in [0.15, 0.2) is 85.0 Å². The van der Waals surface area contributed by atoms with E-state index < -0.39 is 0 Å². The van der Waals surface area contributed by atoms with Crippen molar-refractivity contribution in [2.75, 3.05) is 0 Å². The molecule has 0 aliphatic heterocycles. The van der Waals surface area contributed by atoms with Crippen LogP contribution in [0.3, 0.4) is 0 Å². The van der Waals surface area contributed by atoms with E-state index in [4.69, 9.17) is 5.73 Å². The van der Waals surface area contributed by atoms with E-state index in [0.29, 0.717) is 11.8 Å². The fourth-order valence-corrected chi connectivity index (χ4v) is 6.12. The van der Waals surface area contributed by atoms with E-state index in [1.54, 1.807) is 0 Å². The lowest BCUT2D eigenvalue weighted by atomic mass is 9.82. The van der Waals surface area contributed by atoms with E-state index in [-0.39, 0.29) is 5.54 Å². The highest BCUT2D eigenvalue weighted by Gasteiger charge is 2.41. The van der Waals surface area contributed by atoms with Gasteiger partial charge < -0.3 is 5.73 Å². The first-order chi connectivity index (χ1) is 18.5. The van der Waals surface area contributed by atoms with Gasteiger partial charge in [0.2, 0.25) is 0 Å². The molecule has 1 saturated carbocycles. The van der Waals surface area contributed by atoms with Gasteiger partial charge in [0, 0.05) is 5.54 Å². The van der Waals surface area contributed by atoms with Gasteiger partial charge in [-0.2, -0.15) is 0 Å². The summed E-state index contributed by atoms with van der Waals surface area (Å²) in [6, 6.07) is 25.6. The highest BCUT2D eigenvalue weighted by molar-refractivity contribution is 5.81. The van der Waals surface area contributed by atoms with Crippen molar-refractivity contribution in [2.24, 2.45) is 17.6 Å². The third-order valence-corrected chi connectivity index (χ3v) is 8.84. The second kappa shape index (κ2) is 11.9. The molecule has 0 heterocycles. The minimum atomic E-state index is -0.181. The smallest absolute Gasteiger partial charge is 0.0435 e. The van der Waals surface area contributed by atoms with E-state index in [1.807, 2.05) is 0 Å². The number of aryl methyl sites for hydroxylation is 1. The molecule has 0 spiro atoms. The summed E-state index contributed by atoms with van der Waals surface area (Å²) in [7, 11) is 0. The zero-order chi connectivity index (χ0) is 26.5. The molecule has 38 heavy (non-hydrogen) atoms. The molecule has 0 saturated heterocycles. The van der Waals surface area contributed by atoms with Crippen molar-refractivity contribution in [3.05, 3.63) is 102 Å². The van der Waals surface area contributed by atoms with Gasteiger partial charge >= 0.3 is 0 Å². The molecule has 2 atom stereocenters. The van der Waals surface area contributed by atoms with E-state index in [9.17, 15) is 0 Å². The van der Waals surface area contributed by atoms with Gasteiger partial charge in [0.25, 0.3) is 0 Å². The Morgan fingerprint density at radius 1 is 0.763 bits per heavy atom. The number of hydrogen-bond donors (Lipinski definition) is 1. The third kappa shape index (κ3) is 6.05. The maximum atomic E-state index is 6.89. The van der Waals surface area contributed by atoms with Crippen LogP contribution in [-0.2, 0) is 12.0 Å². The van der Waals surface area contributed by atoms with Crippen LogP contribution in [0.4, 0.5) is 0 Å². The molecule has 2 N–H and O–H groups in total. The number of benzene rings is 3. The fraction of sp³-hybridized carbons (Fsp3) is 0.405. The van der Waals surface area contributed by atoms with Crippen LogP contribution in [0, 0.1) is 11.8 Å². The first-order valence-corrected chi connectivity index (χ1v) is 15.0. The summed E-state index contributed by atoms with van der Waals surface area (Å²) in [6.45, 7) is 6.81. The summed E-state index contributed by atoms with van der Waals surface area (Å²) in [6.07, 6.45) is 17.8. The summed E-state index contributed by atoms with van der Waals surface area (Å²) < 4.78 is 0. The molecule has 2 aliphatic rings. The van der Waals surface area contributed by atoms with Crippen LogP contribution in [0.5, 0.6) is 0 Å². The summed E-state index contributed by atoms with van der Waals surface area (Å²) >= 11 is 0. The molecule has 198 valence electrons. The van der Waals surface area contributed by atoms with Crippen LogP contribution in [0.2, 0.25) is 0 Å². The molecule has 2 unspecified atom stereocenters. The van der Waals surface area contributed by atoms with Gasteiger partial charge in [-0.3, -0.25) is 0 Å². The first kappa shape index (κ1) is 26.7. The van der Waals surface area contributed by atoms with Crippen LogP contribution < -0.4 is 5.73 Å². The standard InChI is InChI=1S/C37H45N/c1-4-6-7-8-11-28-13-15-29(16-14-28)32-24-33(26-34(25-32)31-12-9-10-27(3)23-31)30-17-19-35(20-18-30)37(38,5-2)36-21-22-36/h9-10,12-20,24-27,36H,4-8,11,21-23,38H2,1-3H3. The minimum Gasteiger partial charge on any atom is -0.321 e. The Balaban J connectivity index is 1.47. The van der Waals surface area contributed by atoms with Crippen molar-refractivity contribution in [1.29, 1.82) is 0 Å². The molecule has 5 rings (SSSR count). The van der Waals surface area contributed by atoms with Crippen molar-refractivity contribution >= 4 is 5.57 Å². The quantitative estimate of drug-likeness (QED) is 0.259. The van der Waals surface area contributed by atoms with Crippen LogP contribution in [0.25, 0.3) is 27.8 Å². The maximum absolute atomic E-state index is 6.89. The summed E-state index contributed by atoms with van der Waals surface area (Å²) in [5, 5.41) is 0. The molecular weight excluding hydrogens is 458 g/mol. The second-order valence-electron chi connectivity index (χ2n) is 11.8. The molecule has 1 fully saturated rings. The number of nitrogens with two attached hydrogens (primary N) is 1. The fourth-order valence-electron chi connectivity index (χ4n) is 6.12. The first-order valence-electron chi connectivity index (χ1n) is 15.0. The summed E-state index contributed by atoms with van der Waals surface area (Å²) in [4.78, 5) is 0. The Bertz CT molecular complexity index is 1270. The van der Waals surface area contributed by atoms with Gasteiger partial charge in [0.15, 0.2) is 0 Å². The lowest BCUT2D eigenvalue weighted by Crippen LogP contribution is -2.38. The SMILES string of the molecule is CCCCCCc1ccc(-c2cc(C3=CC=CC(C)C3)cc(-c3ccc(C(N)(CC)C4CC4)cc3)c2)cc1. The van der Waals surface area contributed by atoms with Gasteiger partial charge in [-0.25, -0.2) is 0 Å². The normalized spacial score (nSPS) is 18.7. The predicted molar refractivity (Wildman–Crippen MR) is 165 cm³/mol. The molecule has 3 aromatic rings. The molecule has 1 heteroatoms. The van der Waals surface area contributed by atoms with Crippen molar-refractivity contribution in [3.8, 4) is 22.3 Å². The van der Waals surface area contributed by atoms with Gasteiger partial charge in [0.1, 0.15) is 0 Å². The Labute approximate surface area is 230 Å². The average molecular weight is 504 g/mol. The largest absolute Gasteiger partial charge is 0.321 e. The van der Waals surface area contributed by atoms with Crippen molar-refractivity contribution < 1.29 is 0 Å². The Hall–Kier alpha value is -2.90. The van der Waals surface area contributed by atoms with Gasteiger partial charge in [-0.15, -0.1) is 0 Å². The van der Waals surface area contributed by atoms with E-state index in [0.717, 1.165) is 12.8 Å². The minimum absolute atomic E-state index is 0.181. The van der Waals surface area contributed by atoms with E-state index >= 15 is 0 Å². The molecular formula is C37H45N. The van der Waals surface area contributed by atoms with Crippen molar-refractivity contribution in [1.82, 2.24) is 0 Å². The Kier molecular flexibility index (Phi) is 8.34. The molecule has 2 aliphatic carbocycles. The number of hydrogen-bond acceptors (Lipinski definition) is 1. The highest BCUT2D eigenvalue weighted by atomic mass is 14.8. The predicted octanol–water partition coefficient (Wildman–Crippen LogP) is 10.1. The van der Waals surface area contributed by atoms with Gasteiger partial charge in [0.05, 0.1) is 0 Å². The zero-order valence-electron chi connectivity index (χ0n) is 23.7. The zero-order valence-corrected chi connectivity index (χ0v) is 23.7. The van der Waals surface area contributed by atoms with Gasteiger partial charge in [-0.1, -0.05) is 107 Å². The van der Waals surface area contributed by atoms with E-state index in [2.05, 4.69) is 106 Å². The third-order valence-electron chi connectivity index (χ3n) is 8.84. The molecule has 0 bridgehead atoms. The molecule has 0 amide bonds. The highest BCUT2D eigenvalue weighted by Crippen LogP contribution is 2.46. The van der Waals surface area contributed by atoms with Crippen molar-refractivity contribution in [2.45, 2.75) is 84.1 Å².